The number of aromatic nitrogens is 2. The fourth-order valence-corrected chi connectivity index (χ4v) is 2.49. The van der Waals surface area contributed by atoms with E-state index in [1.165, 1.54) is 18.4 Å². The van der Waals surface area contributed by atoms with Gasteiger partial charge in [-0.15, -0.1) is 0 Å². The molecule has 2 heterocycles. The lowest BCUT2D eigenvalue weighted by atomic mass is 10.1. The topological polar surface area (TPSA) is 59.1 Å². The Morgan fingerprint density at radius 1 is 1.32 bits per heavy atom. The number of rotatable bonds is 4. The summed E-state index contributed by atoms with van der Waals surface area (Å²) < 4.78 is 5.80. The van der Waals surface area contributed by atoms with Gasteiger partial charge in [0.1, 0.15) is 0 Å². The number of nitrogens with zero attached hydrogens (tertiary/aromatic N) is 2. The van der Waals surface area contributed by atoms with E-state index in [0.717, 1.165) is 13.1 Å². The van der Waals surface area contributed by atoms with Crippen molar-refractivity contribution in [3.63, 3.8) is 0 Å². The Hall–Kier alpha value is -1.20. The Morgan fingerprint density at radius 2 is 2.05 bits per heavy atom. The maximum absolute atomic E-state index is 5.80. The van der Waals surface area contributed by atoms with Crippen LogP contribution in [0.15, 0.2) is 12.4 Å². The molecule has 0 radical (unpaired) electrons. The lowest BCUT2D eigenvalue weighted by Crippen LogP contribution is -2.53. The molecule has 19 heavy (non-hydrogen) atoms. The van der Waals surface area contributed by atoms with Gasteiger partial charge in [0.15, 0.2) is 0 Å². The molecule has 1 saturated heterocycles. The predicted molar refractivity (Wildman–Crippen MR) is 74.3 cm³/mol. The largest absolute Gasteiger partial charge is 0.373 e. The second-order valence-corrected chi connectivity index (χ2v) is 5.66. The highest BCUT2D eigenvalue weighted by atomic mass is 16.5. The Morgan fingerprint density at radius 3 is 2.68 bits per heavy atom. The lowest BCUT2D eigenvalue weighted by molar-refractivity contribution is -0.0407. The Balaban J connectivity index is 1.51. The number of nitrogens with one attached hydrogen (secondary N) is 2. The smallest absolute Gasteiger partial charge is 0.222 e. The van der Waals surface area contributed by atoms with E-state index in [0.29, 0.717) is 24.0 Å². The molecular formula is C14H22N4O. The average molecular weight is 262 g/mol. The van der Waals surface area contributed by atoms with Gasteiger partial charge in [-0.05, 0) is 38.2 Å². The molecule has 0 amide bonds. The van der Waals surface area contributed by atoms with Crippen molar-refractivity contribution in [1.82, 2.24) is 15.3 Å². The maximum Gasteiger partial charge on any atom is 0.222 e. The molecule has 2 fully saturated rings. The fourth-order valence-electron chi connectivity index (χ4n) is 2.49. The van der Waals surface area contributed by atoms with Crippen LogP contribution in [-0.2, 0) is 4.74 Å². The van der Waals surface area contributed by atoms with Gasteiger partial charge in [0.05, 0.1) is 18.2 Å². The van der Waals surface area contributed by atoms with Crippen LogP contribution in [-0.4, -0.2) is 41.3 Å². The quantitative estimate of drug-likeness (QED) is 0.862. The van der Waals surface area contributed by atoms with E-state index < -0.39 is 0 Å². The second-order valence-electron chi connectivity index (χ2n) is 5.66. The third-order valence-corrected chi connectivity index (χ3v) is 3.88. The number of morpholine rings is 1. The normalized spacial score (nSPS) is 31.2. The van der Waals surface area contributed by atoms with Crippen LogP contribution in [0.4, 0.5) is 5.95 Å². The van der Waals surface area contributed by atoms with Crippen molar-refractivity contribution in [1.29, 1.82) is 0 Å². The fraction of sp³-hybridized carbons (Fsp3) is 0.714. The summed E-state index contributed by atoms with van der Waals surface area (Å²) in [5.74, 6) is 1.42. The van der Waals surface area contributed by atoms with Crippen molar-refractivity contribution in [2.24, 2.45) is 0 Å². The first kappa shape index (κ1) is 12.8. The van der Waals surface area contributed by atoms with Crippen molar-refractivity contribution >= 4 is 5.95 Å². The third-order valence-electron chi connectivity index (χ3n) is 3.88. The molecule has 2 aliphatic rings. The highest BCUT2D eigenvalue weighted by Crippen LogP contribution is 2.39. The minimum atomic E-state index is 0.210. The van der Waals surface area contributed by atoms with Crippen molar-refractivity contribution < 1.29 is 4.74 Å². The Kier molecular flexibility index (Phi) is 3.66. The first-order chi connectivity index (χ1) is 9.22. The summed E-state index contributed by atoms with van der Waals surface area (Å²) in [6.45, 7) is 5.88. The van der Waals surface area contributed by atoms with E-state index in [2.05, 4.69) is 34.4 Å². The molecule has 0 spiro atoms. The summed E-state index contributed by atoms with van der Waals surface area (Å²) in [5, 5.41) is 6.77. The van der Waals surface area contributed by atoms with E-state index >= 15 is 0 Å². The third kappa shape index (κ3) is 3.22. The first-order valence-electron chi connectivity index (χ1n) is 7.17. The maximum atomic E-state index is 5.80. The minimum absolute atomic E-state index is 0.210. The van der Waals surface area contributed by atoms with Crippen molar-refractivity contribution in [3.05, 3.63) is 18.0 Å². The summed E-state index contributed by atoms with van der Waals surface area (Å²) in [6, 6.07) is 0.308. The van der Waals surface area contributed by atoms with Crippen LogP contribution in [0.2, 0.25) is 0 Å². The Labute approximate surface area is 114 Å². The van der Waals surface area contributed by atoms with E-state index in [1.807, 2.05) is 12.4 Å². The number of ether oxygens (including phenoxy) is 1. The molecule has 3 atom stereocenters. The molecule has 0 bridgehead atoms. The monoisotopic (exact) mass is 262 g/mol. The summed E-state index contributed by atoms with van der Waals surface area (Å²) >= 11 is 0. The molecule has 104 valence electrons. The van der Waals surface area contributed by atoms with Crippen LogP contribution < -0.4 is 10.6 Å². The van der Waals surface area contributed by atoms with Gasteiger partial charge in [0.25, 0.3) is 0 Å². The SMILES string of the molecule is C[C@@H]1CN[C@H](CNc2ncc(C3CC3)cn2)[C@H](C)O1. The van der Waals surface area contributed by atoms with Gasteiger partial charge >= 0.3 is 0 Å². The van der Waals surface area contributed by atoms with Gasteiger partial charge in [-0.1, -0.05) is 0 Å². The second kappa shape index (κ2) is 5.43. The molecule has 0 aromatic carbocycles. The predicted octanol–water partition coefficient (Wildman–Crippen LogP) is 1.53. The molecular weight excluding hydrogens is 240 g/mol. The zero-order valence-corrected chi connectivity index (χ0v) is 11.6. The number of anilines is 1. The zero-order valence-electron chi connectivity index (χ0n) is 11.6. The molecule has 5 nitrogen and oxygen atoms in total. The van der Waals surface area contributed by atoms with Crippen LogP contribution in [0.25, 0.3) is 0 Å². The first-order valence-corrected chi connectivity index (χ1v) is 7.17. The van der Waals surface area contributed by atoms with Crippen LogP contribution in [0.1, 0.15) is 38.2 Å². The van der Waals surface area contributed by atoms with Gasteiger partial charge < -0.3 is 15.4 Å². The number of hydrogen-bond donors (Lipinski definition) is 2. The molecule has 1 aliphatic heterocycles. The molecule has 2 N–H and O–H groups in total. The van der Waals surface area contributed by atoms with E-state index in [-0.39, 0.29) is 6.10 Å². The standard InChI is InChI=1S/C14H22N4O/c1-9-5-15-13(10(2)19-9)8-18-14-16-6-12(7-17-14)11-3-4-11/h6-7,9-11,13,15H,3-5,8H2,1-2H3,(H,16,17,18)/t9-,10+,13-/m1/s1. The molecule has 1 aromatic rings. The summed E-state index contributed by atoms with van der Waals surface area (Å²) in [4.78, 5) is 8.75. The average Bonchev–Trinajstić information content (AvgIpc) is 3.23. The molecule has 5 heteroatoms. The zero-order chi connectivity index (χ0) is 13.2. The minimum Gasteiger partial charge on any atom is -0.373 e. The highest BCUT2D eigenvalue weighted by Gasteiger charge is 2.26. The van der Waals surface area contributed by atoms with Crippen LogP contribution in [0.5, 0.6) is 0 Å². The molecule has 3 rings (SSSR count). The van der Waals surface area contributed by atoms with Crippen molar-refractivity contribution in [3.8, 4) is 0 Å². The summed E-state index contributed by atoms with van der Waals surface area (Å²) in [7, 11) is 0. The molecule has 0 unspecified atom stereocenters. The summed E-state index contributed by atoms with van der Waals surface area (Å²) in [5.41, 5.74) is 1.27. The summed E-state index contributed by atoms with van der Waals surface area (Å²) in [6.07, 6.45) is 6.97. The van der Waals surface area contributed by atoms with Crippen molar-refractivity contribution in [2.45, 2.75) is 50.9 Å². The lowest BCUT2D eigenvalue weighted by Gasteiger charge is -2.34. The van der Waals surface area contributed by atoms with Gasteiger partial charge in [-0.3, -0.25) is 0 Å². The van der Waals surface area contributed by atoms with E-state index in [4.69, 9.17) is 4.74 Å². The van der Waals surface area contributed by atoms with Crippen LogP contribution >= 0.6 is 0 Å². The van der Waals surface area contributed by atoms with Crippen LogP contribution in [0, 0.1) is 0 Å². The van der Waals surface area contributed by atoms with Gasteiger partial charge in [0, 0.05) is 25.5 Å². The highest BCUT2D eigenvalue weighted by molar-refractivity contribution is 5.27. The Bertz CT molecular complexity index is 418. The van der Waals surface area contributed by atoms with Gasteiger partial charge in [-0.2, -0.15) is 0 Å². The van der Waals surface area contributed by atoms with Gasteiger partial charge in [0.2, 0.25) is 5.95 Å². The van der Waals surface area contributed by atoms with Gasteiger partial charge in [-0.25, -0.2) is 9.97 Å². The molecule has 1 aromatic heterocycles. The number of hydrogen-bond acceptors (Lipinski definition) is 5. The van der Waals surface area contributed by atoms with E-state index in [9.17, 15) is 0 Å². The molecule has 1 aliphatic carbocycles. The van der Waals surface area contributed by atoms with Crippen molar-refractivity contribution in [2.75, 3.05) is 18.4 Å². The molecule has 1 saturated carbocycles. The van der Waals surface area contributed by atoms with E-state index in [1.54, 1.807) is 0 Å². The van der Waals surface area contributed by atoms with Crippen LogP contribution in [0.3, 0.4) is 0 Å².